The van der Waals surface area contributed by atoms with Crippen LogP contribution in [0.2, 0.25) is 0 Å². The van der Waals surface area contributed by atoms with Crippen LogP contribution in [0.3, 0.4) is 0 Å². The van der Waals surface area contributed by atoms with Gasteiger partial charge in [-0.05, 0) is 25.1 Å². The van der Waals surface area contributed by atoms with E-state index in [0.717, 1.165) is 11.3 Å². The van der Waals surface area contributed by atoms with E-state index in [4.69, 9.17) is 4.74 Å². The van der Waals surface area contributed by atoms with E-state index >= 15 is 0 Å². The zero-order valence-corrected chi connectivity index (χ0v) is 13.7. The molecule has 0 saturated carbocycles. The molecule has 110 valence electrons. The fraction of sp³-hybridized carbons (Fsp3) is 0.214. The average molecular weight is 372 g/mol. The molecule has 1 aromatic carbocycles. The maximum absolute atomic E-state index is 13.4. The molecule has 0 bridgehead atoms. The summed E-state index contributed by atoms with van der Waals surface area (Å²) < 4.78 is 18.9. The lowest BCUT2D eigenvalue weighted by Crippen LogP contribution is -2.09. The lowest BCUT2D eigenvalue weighted by atomic mass is 10.2. The molecule has 0 aliphatic carbocycles. The topological polar surface area (TPSA) is 56.3 Å². The second-order valence-corrected chi connectivity index (χ2v) is 6.05. The summed E-state index contributed by atoms with van der Waals surface area (Å²) in [7, 11) is 0. The van der Waals surface area contributed by atoms with Gasteiger partial charge in [-0.15, -0.1) is 11.3 Å². The molecule has 21 heavy (non-hydrogen) atoms. The molecule has 0 N–H and O–H groups in total. The van der Waals surface area contributed by atoms with Crippen molar-refractivity contribution in [1.82, 2.24) is 4.98 Å². The van der Waals surface area contributed by atoms with Crippen LogP contribution in [-0.4, -0.2) is 23.3 Å². The highest BCUT2D eigenvalue weighted by molar-refractivity contribution is 9.10. The minimum absolute atomic E-state index is 0.0234. The first-order valence-electron chi connectivity index (χ1n) is 6.07. The van der Waals surface area contributed by atoms with Gasteiger partial charge in [0.15, 0.2) is 11.5 Å². The van der Waals surface area contributed by atoms with Gasteiger partial charge in [-0.2, -0.15) is 0 Å². The van der Waals surface area contributed by atoms with Gasteiger partial charge in [0.05, 0.1) is 6.61 Å². The van der Waals surface area contributed by atoms with Crippen LogP contribution in [0.1, 0.15) is 34.0 Å². The highest BCUT2D eigenvalue weighted by atomic mass is 79.9. The van der Waals surface area contributed by atoms with Crippen molar-refractivity contribution in [1.29, 1.82) is 0 Å². The summed E-state index contributed by atoms with van der Waals surface area (Å²) in [6.45, 7) is 3.21. The molecule has 2 rings (SSSR count). The van der Waals surface area contributed by atoms with Crippen LogP contribution < -0.4 is 0 Å². The van der Waals surface area contributed by atoms with E-state index in [2.05, 4.69) is 20.9 Å². The van der Waals surface area contributed by atoms with Crippen molar-refractivity contribution in [2.24, 2.45) is 0 Å². The monoisotopic (exact) mass is 371 g/mol. The van der Waals surface area contributed by atoms with E-state index in [9.17, 15) is 14.0 Å². The summed E-state index contributed by atoms with van der Waals surface area (Å²) in [5.41, 5.74) is 0.467. The van der Waals surface area contributed by atoms with E-state index in [1.165, 1.54) is 19.1 Å². The van der Waals surface area contributed by atoms with E-state index in [0.29, 0.717) is 15.0 Å². The van der Waals surface area contributed by atoms with Gasteiger partial charge in [-0.3, -0.25) is 4.79 Å². The molecule has 1 heterocycles. The molecule has 4 nitrogen and oxygen atoms in total. The molecule has 0 amide bonds. The zero-order valence-electron chi connectivity index (χ0n) is 11.3. The summed E-state index contributed by atoms with van der Waals surface area (Å²) in [5.74, 6) is -1.37. The lowest BCUT2D eigenvalue weighted by Gasteiger charge is -1.99. The van der Waals surface area contributed by atoms with Gasteiger partial charge in [-0.1, -0.05) is 15.9 Å². The van der Waals surface area contributed by atoms with Gasteiger partial charge in [0.1, 0.15) is 15.7 Å². The van der Waals surface area contributed by atoms with E-state index in [-0.39, 0.29) is 23.0 Å². The molecule has 0 aliphatic heterocycles. The van der Waals surface area contributed by atoms with Gasteiger partial charge in [-0.25, -0.2) is 14.2 Å². The third-order valence-corrected chi connectivity index (χ3v) is 4.19. The Morgan fingerprint density at radius 3 is 2.67 bits per heavy atom. The predicted molar refractivity (Wildman–Crippen MR) is 81.2 cm³/mol. The Labute approximate surface area is 133 Å². The number of ketones is 1. The number of carbonyl (C=O) groups is 2. The Balaban J connectivity index is 2.53. The lowest BCUT2D eigenvalue weighted by molar-refractivity contribution is 0.0517. The molecule has 0 saturated heterocycles. The highest BCUT2D eigenvalue weighted by Crippen LogP contribution is 2.31. The standard InChI is InChI=1S/C14H11BrFNO3S/c1-3-20-14(19)11-12(7(2)18)21-13(17-11)8-4-9(15)6-10(16)5-8/h4-6H,3H2,1-2H3. The maximum Gasteiger partial charge on any atom is 0.358 e. The van der Waals surface area contributed by atoms with Crippen molar-refractivity contribution in [3.63, 3.8) is 0 Å². The summed E-state index contributed by atoms with van der Waals surface area (Å²) in [6.07, 6.45) is 0. The minimum Gasteiger partial charge on any atom is -0.461 e. The molecule has 0 spiro atoms. The summed E-state index contributed by atoms with van der Waals surface area (Å²) >= 11 is 4.24. The number of nitrogens with zero attached hydrogens (tertiary/aromatic N) is 1. The first-order chi connectivity index (χ1) is 9.92. The number of benzene rings is 1. The van der Waals surface area contributed by atoms with Crippen LogP contribution in [0.25, 0.3) is 10.6 Å². The Kier molecular flexibility index (Phi) is 4.84. The van der Waals surface area contributed by atoms with Gasteiger partial charge >= 0.3 is 5.97 Å². The smallest absolute Gasteiger partial charge is 0.358 e. The minimum atomic E-state index is -0.652. The van der Waals surface area contributed by atoms with E-state index < -0.39 is 11.8 Å². The number of hydrogen-bond donors (Lipinski definition) is 0. The van der Waals surface area contributed by atoms with Crippen LogP contribution in [0.5, 0.6) is 0 Å². The normalized spacial score (nSPS) is 10.5. The van der Waals surface area contributed by atoms with Crippen molar-refractivity contribution >= 4 is 39.0 Å². The second kappa shape index (κ2) is 6.44. The number of halogens is 2. The Morgan fingerprint density at radius 1 is 1.38 bits per heavy atom. The molecule has 2 aromatic rings. The molecule has 7 heteroatoms. The number of thiazole rings is 1. The van der Waals surface area contributed by atoms with Crippen molar-refractivity contribution in [2.45, 2.75) is 13.8 Å². The molecule has 0 radical (unpaired) electrons. The summed E-state index contributed by atoms with van der Waals surface area (Å²) in [4.78, 5) is 27.8. The van der Waals surface area contributed by atoms with Crippen molar-refractivity contribution in [3.8, 4) is 10.6 Å². The van der Waals surface area contributed by atoms with E-state index in [1.807, 2.05) is 0 Å². The molecular formula is C14H11BrFNO3S. The number of hydrogen-bond acceptors (Lipinski definition) is 5. The largest absolute Gasteiger partial charge is 0.461 e. The SMILES string of the molecule is CCOC(=O)c1nc(-c2cc(F)cc(Br)c2)sc1C(C)=O. The maximum atomic E-state index is 13.4. The number of aromatic nitrogens is 1. The van der Waals surface area contributed by atoms with Crippen molar-refractivity contribution in [2.75, 3.05) is 6.61 Å². The van der Waals surface area contributed by atoms with Crippen LogP contribution in [0, 0.1) is 5.82 Å². The zero-order chi connectivity index (χ0) is 15.6. The Bertz CT molecular complexity index is 694. The molecule has 0 unspecified atom stereocenters. The Morgan fingerprint density at radius 2 is 2.10 bits per heavy atom. The molecule has 0 fully saturated rings. The number of ether oxygens (including phenoxy) is 1. The number of carbonyl (C=O) groups excluding carboxylic acids is 2. The Hall–Kier alpha value is -1.60. The summed E-state index contributed by atoms with van der Waals surface area (Å²) in [6, 6.07) is 4.28. The summed E-state index contributed by atoms with van der Waals surface area (Å²) in [5, 5.41) is 0.392. The molecule has 0 atom stereocenters. The molecule has 0 aliphatic rings. The number of rotatable bonds is 4. The molecule has 1 aromatic heterocycles. The number of Topliss-reactive ketones (excluding diaryl/α,β-unsaturated/α-hetero) is 1. The fourth-order valence-electron chi connectivity index (χ4n) is 1.70. The first kappa shape index (κ1) is 15.8. The van der Waals surface area contributed by atoms with Gasteiger partial charge in [0, 0.05) is 17.0 Å². The van der Waals surface area contributed by atoms with Crippen LogP contribution >= 0.6 is 27.3 Å². The van der Waals surface area contributed by atoms with Gasteiger partial charge < -0.3 is 4.74 Å². The average Bonchev–Trinajstić information content (AvgIpc) is 2.83. The quantitative estimate of drug-likeness (QED) is 0.599. The third kappa shape index (κ3) is 3.54. The van der Waals surface area contributed by atoms with Crippen LogP contribution in [0.15, 0.2) is 22.7 Å². The second-order valence-electron chi connectivity index (χ2n) is 4.13. The predicted octanol–water partition coefficient (Wildman–Crippen LogP) is 4.09. The highest BCUT2D eigenvalue weighted by Gasteiger charge is 2.23. The first-order valence-corrected chi connectivity index (χ1v) is 7.68. The van der Waals surface area contributed by atoms with Crippen molar-refractivity contribution < 1.29 is 18.7 Å². The van der Waals surface area contributed by atoms with Gasteiger partial charge in [0.25, 0.3) is 0 Å². The fourth-order valence-corrected chi connectivity index (χ4v) is 3.10. The molecular weight excluding hydrogens is 361 g/mol. The third-order valence-electron chi connectivity index (χ3n) is 2.53. The van der Waals surface area contributed by atoms with Crippen molar-refractivity contribution in [3.05, 3.63) is 39.1 Å². The van der Waals surface area contributed by atoms with Crippen LogP contribution in [0.4, 0.5) is 4.39 Å². The number of esters is 1. The van der Waals surface area contributed by atoms with E-state index in [1.54, 1.807) is 13.0 Å². The van der Waals surface area contributed by atoms with Crippen LogP contribution in [-0.2, 0) is 4.74 Å². The van der Waals surface area contributed by atoms with Gasteiger partial charge in [0.2, 0.25) is 0 Å².